The van der Waals surface area contributed by atoms with Crippen molar-refractivity contribution < 1.29 is 22.7 Å². The average molecular weight is 500 g/mol. The van der Waals surface area contributed by atoms with Gasteiger partial charge < -0.3 is 14.4 Å². The Morgan fingerprint density at radius 3 is 2.63 bits per heavy atom. The summed E-state index contributed by atoms with van der Waals surface area (Å²) in [5, 5.41) is 10.6. The molecule has 2 bridgehead atoms. The van der Waals surface area contributed by atoms with Crippen molar-refractivity contribution in [3.63, 3.8) is 0 Å². The zero-order valence-corrected chi connectivity index (χ0v) is 22.2. The van der Waals surface area contributed by atoms with Crippen molar-refractivity contribution in [2.75, 3.05) is 12.3 Å². The van der Waals surface area contributed by atoms with Crippen molar-refractivity contribution in [2.24, 2.45) is 17.3 Å². The Labute approximate surface area is 208 Å². The Morgan fingerprint density at radius 1 is 1.20 bits per heavy atom. The number of benzene rings is 1. The van der Waals surface area contributed by atoms with Crippen molar-refractivity contribution in [1.82, 2.24) is 4.90 Å². The minimum Gasteiger partial charge on any atom is -0.508 e. The number of likely N-dealkylation sites (tertiary alicyclic amines) is 1. The third-order valence-corrected chi connectivity index (χ3v) is 11.6. The van der Waals surface area contributed by atoms with E-state index in [0.717, 1.165) is 24.8 Å². The molecule has 1 unspecified atom stereocenters. The second-order valence-corrected chi connectivity index (χ2v) is 13.8. The summed E-state index contributed by atoms with van der Waals surface area (Å²) >= 11 is 0. The first-order valence-electron chi connectivity index (χ1n) is 12.8. The lowest BCUT2D eigenvalue weighted by molar-refractivity contribution is -0.148. The van der Waals surface area contributed by atoms with Gasteiger partial charge in [-0.2, -0.15) is 0 Å². The van der Waals surface area contributed by atoms with Gasteiger partial charge in [0.05, 0.1) is 5.75 Å². The number of hydrogen-bond acceptors (Lipinski definition) is 5. The first kappa shape index (κ1) is 24.4. The number of aromatic hydroxyl groups is 1. The summed E-state index contributed by atoms with van der Waals surface area (Å²) in [5.41, 5.74) is 1.92. The zero-order chi connectivity index (χ0) is 25.3. The Morgan fingerprint density at radius 2 is 1.94 bits per heavy atom. The lowest BCUT2D eigenvalue weighted by atomic mass is 9.51. The Bertz CT molecular complexity index is 1280. The highest BCUT2D eigenvalue weighted by molar-refractivity contribution is 7.91. The highest BCUT2D eigenvalue weighted by atomic mass is 32.2. The van der Waals surface area contributed by atoms with Crippen molar-refractivity contribution in [2.45, 2.75) is 83.1 Å². The lowest BCUT2D eigenvalue weighted by Crippen LogP contribution is -2.65. The molecule has 1 saturated carbocycles. The predicted octanol–water partition coefficient (Wildman–Crippen LogP) is 4.93. The zero-order valence-electron chi connectivity index (χ0n) is 21.4. The van der Waals surface area contributed by atoms with E-state index in [4.69, 9.17) is 4.42 Å². The maximum Gasteiger partial charge on any atom is 0.225 e. The standard InChI is InChI=1S/C28H37NO5S/c1-17-13-24(18(2)34-17)35(32,33)16-19-9-10-20(14-19)26(31)29-12-11-28(5)22-7-6-8-23(30)21(22)15-25(29)27(28,3)4/h6-8,13,19-20,25,30H,9-12,14-16H2,1-5H3/t19?,20-,25-,28+/m1/s1. The molecule has 2 heterocycles. The Balaban J connectivity index is 1.34. The number of rotatable bonds is 4. The average Bonchev–Trinajstić information content (AvgIpc) is 3.36. The molecule has 1 aromatic heterocycles. The van der Waals surface area contributed by atoms with Crippen LogP contribution in [0.2, 0.25) is 0 Å². The van der Waals surface area contributed by atoms with Crippen molar-refractivity contribution in [1.29, 1.82) is 0 Å². The summed E-state index contributed by atoms with van der Waals surface area (Å²) < 4.78 is 31.5. The van der Waals surface area contributed by atoms with Gasteiger partial charge in [0.25, 0.3) is 0 Å². The monoisotopic (exact) mass is 499 g/mol. The first-order chi connectivity index (χ1) is 16.3. The quantitative estimate of drug-likeness (QED) is 0.644. The van der Waals surface area contributed by atoms with Crippen LogP contribution in [0.3, 0.4) is 0 Å². The van der Waals surface area contributed by atoms with Crippen LogP contribution in [0.25, 0.3) is 0 Å². The number of sulfone groups is 1. The molecule has 1 amide bonds. The number of carbonyl (C=O) groups excluding carboxylic acids is 1. The second kappa shape index (κ2) is 8.12. The summed E-state index contributed by atoms with van der Waals surface area (Å²) in [6.07, 6.45) is 3.58. The van der Waals surface area contributed by atoms with Crippen LogP contribution in [0.15, 0.2) is 33.6 Å². The molecular formula is C28H37NO5S. The number of amides is 1. The number of furan rings is 1. The maximum absolute atomic E-state index is 13.8. The highest BCUT2D eigenvalue weighted by Crippen LogP contribution is 2.57. The van der Waals surface area contributed by atoms with Gasteiger partial charge in [-0.15, -0.1) is 0 Å². The van der Waals surface area contributed by atoms with E-state index in [-0.39, 0.29) is 45.3 Å². The molecule has 4 atom stereocenters. The first-order valence-corrected chi connectivity index (χ1v) is 14.4. The summed E-state index contributed by atoms with van der Waals surface area (Å²) in [6.45, 7) is 10.9. The van der Waals surface area contributed by atoms with Crippen LogP contribution in [-0.4, -0.2) is 42.7 Å². The van der Waals surface area contributed by atoms with Crippen LogP contribution >= 0.6 is 0 Å². The number of nitrogens with zero attached hydrogens (tertiary/aromatic N) is 1. The molecule has 5 rings (SSSR count). The molecule has 190 valence electrons. The fourth-order valence-corrected chi connectivity index (χ4v) is 9.12. The molecule has 1 aliphatic heterocycles. The van der Waals surface area contributed by atoms with E-state index in [9.17, 15) is 18.3 Å². The normalized spacial score (nSPS) is 29.7. The lowest BCUT2D eigenvalue weighted by Gasteiger charge is -2.61. The molecule has 0 spiro atoms. The third kappa shape index (κ3) is 3.73. The van der Waals surface area contributed by atoms with Gasteiger partial charge in [-0.1, -0.05) is 32.9 Å². The van der Waals surface area contributed by atoms with Crippen LogP contribution in [0.5, 0.6) is 5.75 Å². The number of fused-ring (bicyclic) bond motifs is 4. The molecule has 1 saturated heterocycles. The summed E-state index contributed by atoms with van der Waals surface area (Å²) in [5.74, 6) is 1.40. The summed E-state index contributed by atoms with van der Waals surface area (Å²) in [7, 11) is -3.45. The SMILES string of the molecule is Cc1cc(S(=O)(=O)CC2CC[C@@H](C(=O)N3CC[C@@]4(C)c5cccc(O)c5C[C@@H]3C4(C)C)C2)c(C)o1. The van der Waals surface area contributed by atoms with Crippen molar-refractivity contribution in [3.8, 4) is 5.75 Å². The van der Waals surface area contributed by atoms with E-state index in [1.165, 1.54) is 5.56 Å². The summed E-state index contributed by atoms with van der Waals surface area (Å²) in [6, 6.07) is 7.41. The molecule has 1 aromatic carbocycles. The molecule has 35 heavy (non-hydrogen) atoms. The molecule has 6 nitrogen and oxygen atoms in total. The van der Waals surface area contributed by atoms with Crippen molar-refractivity contribution >= 4 is 15.7 Å². The van der Waals surface area contributed by atoms with Crippen LogP contribution in [-0.2, 0) is 26.5 Å². The highest BCUT2D eigenvalue weighted by Gasteiger charge is 2.57. The minimum absolute atomic E-state index is 0.00823. The van der Waals surface area contributed by atoms with Crippen LogP contribution in [0, 0.1) is 31.1 Å². The fraction of sp³-hybridized carbons (Fsp3) is 0.607. The fourth-order valence-electron chi connectivity index (χ4n) is 7.19. The van der Waals surface area contributed by atoms with Gasteiger partial charge in [0.2, 0.25) is 5.91 Å². The number of carbonyl (C=O) groups is 1. The summed E-state index contributed by atoms with van der Waals surface area (Å²) in [4.78, 5) is 16.2. The van der Waals surface area contributed by atoms with Gasteiger partial charge in [-0.05, 0) is 80.5 Å². The van der Waals surface area contributed by atoms with Gasteiger partial charge in [0.1, 0.15) is 22.2 Å². The van der Waals surface area contributed by atoms with E-state index in [1.807, 2.05) is 6.07 Å². The predicted molar refractivity (Wildman–Crippen MR) is 134 cm³/mol. The van der Waals surface area contributed by atoms with Gasteiger partial charge in [0, 0.05) is 23.9 Å². The molecule has 0 radical (unpaired) electrons. The van der Waals surface area contributed by atoms with Crippen LogP contribution in [0.4, 0.5) is 0 Å². The van der Waals surface area contributed by atoms with Crippen LogP contribution in [0.1, 0.15) is 69.1 Å². The van der Waals surface area contributed by atoms with E-state index in [1.54, 1.807) is 26.0 Å². The van der Waals surface area contributed by atoms with E-state index >= 15 is 0 Å². The third-order valence-electron chi connectivity index (χ3n) is 9.59. The topological polar surface area (TPSA) is 87.8 Å². The Kier molecular flexibility index (Phi) is 5.66. The van der Waals surface area contributed by atoms with Gasteiger partial charge in [-0.25, -0.2) is 8.42 Å². The number of phenols is 1. The molecule has 2 aromatic rings. The Hall–Kier alpha value is -2.28. The van der Waals surface area contributed by atoms with E-state index < -0.39 is 9.84 Å². The molecule has 3 aliphatic rings. The maximum atomic E-state index is 13.8. The minimum atomic E-state index is -3.45. The molecule has 2 aliphatic carbocycles. The number of piperidine rings is 1. The van der Waals surface area contributed by atoms with E-state index in [0.29, 0.717) is 36.7 Å². The molecular weight excluding hydrogens is 462 g/mol. The van der Waals surface area contributed by atoms with Crippen LogP contribution < -0.4 is 0 Å². The largest absolute Gasteiger partial charge is 0.508 e. The van der Waals surface area contributed by atoms with E-state index in [2.05, 4.69) is 31.7 Å². The second-order valence-electron chi connectivity index (χ2n) is 11.8. The van der Waals surface area contributed by atoms with Gasteiger partial charge in [0.15, 0.2) is 9.84 Å². The molecule has 7 heteroatoms. The molecule has 1 N–H and O–H groups in total. The van der Waals surface area contributed by atoms with Gasteiger partial charge >= 0.3 is 0 Å². The smallest absolute Gasteiger partial charge is 0.225 e. The number of phenolic OH excluding ortho intramolecular Hbond substituents is 1. The molecule has 2 fully saturated rings. The van der Waals surface area contributed by atoms with Gasteiger partial charge in [-0.3, -0.25) is 4.79 Å². The number of aryl methyl sites for hydroxylation is 2. The number of hydrogen-bond donors (Lipinski definition) is 1. The van der Waals surface area contributed by atoms with Crippen molar-refractivity contribution in [3.05, 3.63) is 46.9 Å².